The first kappa shape index (κ1) is 13.7. The summed E-state index contributed by atoms with van der Waals surface area (Å²) in [6.07, 6.45) is 1.99. The topological polar surface area (TPSA) is 44.8 Å². The van der Waals surface area contributed by atoms with Crippen LogP contribution in [0.3, 0.4) is 0 Å². The number of ether oxygens (including phenoxy) is 3. The molecule has 0 saturated heterocycles. The van der Waals surface area contributed by atoms with Crippen molar-refractivity contribution in [1.82, 2.24) is 0 Å². The molecule has 4 heteroatoms. The maximum absolute atomic E-state index is 12.1. The highest BCUT2D eigenvalue weighted by Crippen LogP contribution is 2.38. The smallest absolute Gasteiger partial charge is 0.349 e. The molecule has 4 nitrogen and oxygen atoms in total. The molecule has 19 heavy (non-hydrogen) atoms. The minimum Gasteiger partial charge on any atom is -0.493 e. The molecule has 0 amide bonds. The lowest BCUT2D eigenvalue weighted by Crippen LogP contribution is -2.39. The predicted molar refractivity (Wildman–Crippen MR) is 71.7 cm³/mol. The summed E-state index contributed by atoms with van der Waals surface area (Å²) in [5, 5.41) is 0. The van der Waals surface area contributed by atoms with Crippen LogP contribution in [-0.4, -0.2) is 18.4 Å². The van der Waals surface area contributed by atoms with Crippen LogP contribution in [0.4, 0.5) is 0 Å². The first-order valence-electron chi connectivity index (χ1n) is 6.63. The van der Waals surface area contributed by atoms with Gasteiger partial charge in [0.2, 0.25) is 5.79 Å². The lowest BCUT2D eigenvalue weighted by Gasteiger charge is -2.32. The van der Waals surface area contributed by atoms with Crippen LogP contribution >= 0.6 is 0 Å². The number of hydrogen-bond acceptors (Lipinski definition) is 4. The highest BCUT2D eigenvalue weighted by molar-refractivity contribution is 5.96. The molecule has 1 aliphatic rings. The van der Waals surface area contributed by atoms with E-state index in [4.69, 9.17) is 14.2 Å². The Bertz CT molecular complexity index is 491. The average molecular weight is 264 g/mol. The van der Waals surface area contributed by atoms with E-state index < -0.39 is 11.8 Å². The second-order valence-electron chi connectivity index (χ2n) is 5.23. The van der Waals surface area contributed by atoms with Crippen molar-refractivity contribution in [2.75, 3.05) is 6.61 Å². The van der Waals surface area contributed by atoms with E-state index in [1.807, 2.05) is 19.1 Å². The largest absolute Gasteiger partial charge is 0.493 e. The molecule has 0 unspecified atom stereocenters. The number of unbranched alkanes of at least 4 members (excludes halogenated alkanes) is 1. The molecule has 0 aromatic heterocycles. The minimum atomic E-state index is -0.932. The van der Waals surface area contributed by atoms with Crippen LogP contribution < -0.4 is 9.47 Å². The Labute approximate surface area is 113 Å². The van der Waals surface area contributed by atoms with Crippen molar-refractivity contribution >= 4 is 5.97 Å². The van der Waals surface area contributed by atoms with E-state index in [2.05, 4.69) is 6.92 Å². The van der Waals surface area contributed by atoms with Gasteiger partial charge in [0.1, 0.15) is 17.1 Å². The molecule has 1 heterocycles. The Morgan fingerprint density at radius 3 is 2.68 bits per heavy atom. The molecule has 0 fully saturated rings. The van der Waals surface area contributed by atoms with E-state index in [0.29, 0.717) is 23.7 Å². The number of rotatable bonds is 4. The first-order chi connectivity index (χ1) is 8.93. The predicted octanol–water partition coefficient (Wildman–Crippen LogP) is 3.46. The molecule has 0 radical (unpaired) electrons. The van der Waals surface area contributed by atoms with Gasteiger partial charge in [-0.05, 0) is 31.0 Å². The Kier molecular flexibility index (Phi) is 3.69. The van der Waals surface area contributed by atoms with Gasteiger partial charge < -0.3 is 14.2 Å². The van der Waals surface area contributed by atoms with E-state index in [9.17, 15) is 4.79 Å². The summed E-state index contributed by atoms with van der Waals surface area (Å²) in [5.41, 5.74) is 1.39. The zero-order chi connectivity index (χ0) is 14.0. The zero-order valence-electron chi connectivity index (χ0n) is 11.9. The number of cyclic esters (lactones) is 1. The van der Waals surface area contributed by atoms with Crippen molar-refractivity contribution in [2.24, 2.45) is 0 Å². The molecule has 104 valence electrons. The van der Waals surface area contributed by atoms with Gasteiger partial charge in [-0.15, -0.1) is 0 Å². The van der Waals surface area contributed by atoms with Crippen LogP contribution in [0.15, 0.2) is 12.1 Å². The summed E-state index contributed by atoms with van der Waals surface area (Å²) >= 11 is 0. The van der Waals surface area contributed by atoms with Gasteiger partial charge >= 0.3 is 5.97 Å². The van der Waals surface area contributed by atoms with Crippen LogP contribution in [0.1, 0.15) is 49.5 Å². The summed E-state index contributed by atoms with van der Waals surface area (Å²) in [5.74, 6) is -0.243. The third-order valence-electron chi connectivity index (χ3n) is 2.86. The van der Waals surface area contributed by atoms with Crippen LogP contribution in [0.25, 0.3) is 0 Å². The van der Waals surface area contributed by atoms with Gasteiger partial charge in [-0.1, -0.05) is 13.3 Å². The van der Waals surface area contributed by atoms with Crippen molar-refractivity contribution < 1.29 is 19.0 Å². The van der Waals surface area contributed by atoms with Gasteiger partial charge in [0, 0.05) is 13.8 Å². The van der Waals surface area contributed by atoms with Crippen molar-refractivity contribution in [3.05, 3.63) is 23.3 Å². The molecule has 0 bridgehead atoms. The fourth-order valence-corrected chi connectivity index (χ4v) is 2.00. The highest BCUT2D eigenvalue weighted by Gasteiger charge is 2.36. The third kappa shape index (κ3) is 3.00. The second-order valence-corrected chi connectivity index (χ2v) is 5.23. The van der Waals surface area contributed by atoms with E-state index in [1.54, 1.807) is 13.8 Å². The van der Waals surface area contributed by atoms with Crippen molar-refractivity contribution in [2.45, 2.75) is 46.3 Å². The third-order valence-corrected chi connectivity index (χ3v) is 2.86. The van der Waals surface area contributed by atoms with Gasteiger partial charge in [-0.25, -0.2) is 4.79 Å². The maximum Gasteiger partial charge on any atom is 0.349 e. The van der Waals surface area contributed by atoms with Crippen LogP contribution in [-0.2, 0) is 4.74 Å². The van der Waals surface area contributed by atoms with Crippen LogP contribution in [0.5, 0.6) is 11.5 Å². The Hall–Kier alpha value is -1.71. The number of esters is 1. The molecular formula is C15H20O4. The van der Waals surface area contributed by atoms with E-state index in [1.165, 1.54) is 0 Å². The fourth-order valence-electron chi connectivity index (χ4n) is 2.00. The van der Waals surface area contributed by atoms with Crippen molar-refractivity contribution in [3.8, 4) is 11.5 Å². The molecular weight excluding hydrogens is 244 g/mol. The maximum atomic E-state index is 12.1. The number of benzene rings is 1. The van der Waals surface area contributed by atoms with E-state index in [-0.39, 0.29) is 0 Å². The molecule has 1 aromatic carbocycles. The summed E-state index contributed by atoms with van der Waals surface area (Å²) in [6.45, 7) is 8.06. The Balaban J connectivity index is 2.36. The highest BCUT2D eigenvalue weighted by atomic mass is 16.7. The van der Waals surface area contributed by atoms with Crippen LogP contribution in [0, 0.1) is 6.92 Å². The number of carbonyl (C=O) groups excluding carboxylic acids is 1. The molecule has 2 rings (SSSR count). The molecule has 0 spiro atoms. The fraction of sp³-hybridized carbons (Fsp3) is 0.533. The van der Waals surface area contributed by atoms with Gasteiger partial charge in [0.05, 0.1) is 6.61 Å². The van der Waals surface area contributed by atoms with Crippen molar-refractivity contribution in [3.63, 3.8) is 0 Å². The quantitative estimate of drug-likeness (QED) is 0.617. The van der Waals surface area contributed by atoms with E-state index >= 15 is 0 Å². The van der Waals surface area contributed by atoms with Gasteiger partial charge in [0.15, 0.2) is 0 Å². The van der Waals surface area contributed by atoms with Crippen LogP contribution in [0.2, 0.25) is 0 Å². The number of carbonyl (C=O) groups is 1. The standard InChI is InChI=1S/C15H20O4/c1-5-6-7-17-11-8-10(2)9-12-13(11)14(16)19-15(3,4)18-12/h8-9H,5-7H2,1-4H3. The number of fused-ring (bicyclic) bond motifs is 1. The lowest BCUT2D eigenvalue weighted by atomic mass is 10.1. The second kappa shape index (κ2) is 5.11. The van der Waals surface area contributed by atoms with E-state index in [0.717, 1.165) is 18.4 Å². The number of hydrogen-bond donors (Lipinski definition) is 0. The Morgan fingerprint density at radius 2 is 2.00 bits per heavy atom. The first-order valence-corrected chi connectivity index (χ1v) is 6.63. The van der Waals surface area contributed by atoms with Crippen molar-refractivity contribution in [1.29, 1.82) is 0 Å². The molecule has 0 N–H and O–H groups in total. The Morgan fingerprint density at radius 1 is 1.26 bits per heavy atom. The monoisotopic (exact) mass is 264 g/mol. The summed E-state index contributed by atoms with van der Waals surface area (Å²) in [6, 6.07) is 3.68. The van der Waals surface area contributed by atoms with Gasteiger partial charge in [-0.2, -0.15) is 0 Å². The molecule has 1 aromatic rings. The SMILES string of the molecule is CCCCOc1cc(C)cc2c1C(=O)OC(C)(C)O2. The normalized spacial score (nSPS) is 16.3. The van der Waals surface area contributed by atoms with Gasteiger partial charge in [0.25, 0.3) is 0 Å². The molecule has 0 atom stereocenters. The molecule has 0 saturated carbocycles. The lowest BCUT2D eigenvalue weighted by molar-refractivity contribution is -0.127. The summed E-state index contributed by atoms with van der Waals surface area (Å²) in [4.78, 5) is 12.1. The average Bonchev–Trinajstić information content (AvgIpc) is 2.25. The summed E-state index contributed by atoms with van der Waals surface area (Å²) in [7, 11) is 0. The molecule has 0 aliphatic carbocycles. The number of aryl methyl sites for hydroxylation is 1. The summed E-state index contributed by atoms with van der Waals surface area (Å²) < 4.78 is 16.6. The van der Waals surface area contributed by atoms with Gasteiger partial charge in [-0.3, -0.25) is 0 Å². The minimum absolute atomic E-state index is 0.390. The molecule has 1 aliphatic heterocycles. The zero-order valence-corrected chi connectivity index (χ0v) is 11.9.